The van der Waals surface area contributed by atoms with Crippen molar-refractivity contribution in [1.82, 2.24) is 10.7 Å². The Morgan fingerprint density at radius 3 is 2.71 bits per heavy atom. The van der Waals surface area contributed by atoms with Crippen molar-refractivity contribution in [1.29, 1.82) is 0 Å². The lowest BCUT2D eigenvalue weighted by atomic mass is 10.2. The number of carbonyl (C=O) groups is 1. The average molecular weight is 248 g/mol. The first-order chi connectivity index (χ1) is 8.16. The molecule has 0 saturated heterocycles. The molecule has 1 aliphatic rings. The Morgan fingerprint density at radius 2 is 2.12 bits per heavy atom. The van der Waals surface area contributed by atoms with E-state index in [2.05, 4.69) is 21.2 Å². The Kier molecular flexibility index (Phi) is 3.34. The zero-order valence-electron chi connectivity index (χ0n) is 9.23. The summed E-state index contributed by atoms with van der Waals surface area (Å²) in [5.74, 6) is -0.195. The maximum Gasteiger partial charge on any atom is 0.268 e. The number of para-hydroxylation sites is 1. The maximum absolute atomic E-state index is 11.4. The Balaban J connectivity index is 1.94. The molecule has 1 amide bonds. The number of benzene rings is 1. The van der Waals surface area contributed by atoms with Crippen molar-refractivity contribution >= 4 is 34.6 Å². The quantitative estimate of drug-likeness (QED) is 0.679. The predicted octanol–water partition coefficient (Wildman–Crippen LogP) is 0.847. The van der Waals surface area contributed by atoms with Gasteiger partial charge in [-0.15, -0.1) is 0 Å². The van der Waals surface area contributed by atoms with Crippen LogP contribution in [0.3, 0.4) is 0 Å². The topological polar surface area (TPSA) is 65.5 Å². The number of anilines is 1. The number of hydrazone groups is 1. The number of rotatable bonds is 2. The number of amides is 1. The largest absolute Gasteiger partial charge is 0.346 e. The standard InChI is InChI=1S/C11H12N4OS/c1-7-9(10(16)15-14-7)13-11(17)12-8-5-3-2-4-6-8/h2-6,9H,1H3,(H,15,16)(H2,12,13,17)/t9-/m0/s1. The van der Waals surface area contributed by atoms with Crippen LogP contribution in [0.4, 0.5) is 5.69 Å². The molecule has 0 spiro atoms. The Bertz CT molecular complexity index is 472. The smallest absolute Gasteiger partial charge is 0.268 e. The van der Waals surface area contributed by atoms with E-state index in [9.17, 15) is 4.79 Å². The maximum atomic E-state index is 11.4. The predicted molar refractivity (Wildman–Crippen MR) is 70.8 cm³/mol. The second-order valence-corrected chi connectivity index (χ2v) is 4.03. The van der Waals surface area contributed by atoms with Gasteiger partial charge in [-0.3, -0.25) is 4.79 Å². The van der Waals surface area contributed by atoms with Gasteiger partial charge in [0.05, 0.1) is 5.71 Å². The van der Waals surface area contributed by atoms with E-state index < -0.39 is 6.04 Å². The molecular weight excluding hydrogens is 236 g/mol. The summed E-state index contributed by atoms with van der Waals surface area (Å²) in [6.07, 6.45) is 0. The highest BCUT2D eigenvalue weighted by Gasteiger charge is 2.27. The van der Waals surface area contributed by atoms with Crippen LogP contribution in [0.2, 0.25) is 0 Å². The first kappa shape index (κ1) is 11.5. The minimum absolute atomic E-state index is 0.195. The van der Waals surface area contributed by atoms with Crippen molar-refractivity contribution in [3.8, 4) is 0 Å². The average Bonchev–Trinajstić information content (AvgIpc) is 2.62. The molecule has 0 aromatic heterocycles. The molecule has 17 heavy (non-hydrogen) atoms. The molecule has 1 heterocycles. The molecule has 0 radical (unpaired) electrons. The second-order valence-electron chi connectivity index (χ2n) is 3.63. The highest BCUT2D eigenvalue weighted by atomic mass is 32.1. The lowest BCUT2D eigenvalue weighted by molar-refractivity contribution is -0.120. The van der Waals surface area contributed by atoms with E-state index in [1.54, 1.807) is 6.92 Å². The summed E-state index contributed by atoms with van der Waals surface area (Å²) in [6, 6.07) is 9.02. The van der Waals surface area contributed by atoms with Gasteiger partial charge in [-0.25, -0.2) is 5.43 Å². The summed E-state index contributed by atoms with van der Waals surface area (Å²) in [4.78, 5) is 11.4. The van der Waals surface area contributed by atoms with Crippen LogP contribution >= 0.6 is 12.2 Å². The normalized spacial score (nSPS) is 18.3. The first-order valence-corrected chi connectivity index (χ1v) is 5.54. The fraction of sp³-hybridized carbons (Fsp3) is 0.182. The van der Waals surface area contributed by atoms with Gasteiger partial charge in [-0.2, -0.15) is 5.10 Å². The highest BCUT2D eigenvalue weighted by Crippen LogP contribution is 2.05. The lowest BCUT2D eigenvalue weighted by Crippen LogP contribution is -2.46. The molecule has 0 saturated carbocycles. The molecule has 0 aliphatic carbocycles. The molecule has 6 heteroatoms. The Hall–Kier alpha value is -1.95. The molecule has 0 fully saturated rings. The minimum atomic E-state index is -0.487. The number of carbonyl (C=O) groups excluding carboxylic acids is 1. The van der Waals surface area contributed by atoms with Gasteiger partial charge >= 0.3 is 0 Å². The molecule has 5 nitrogen and oxygen atoms in total. The zero-order valence-corrected chi connectivity index (χ0v) is 10.0. The van der Waals surface area contributed by atoms with Crippen LogP contribution in [-0.4, -0.2) is 22.8 Å². The molecule has 1 aromatic rings. The molecule has 3 N–H and O–H groups in total. The van der Waals surface area contributed by atoms with E-state index in [1.165, 1.54) is 0 Å². The van der Waals surface area contributed by atoms with Crippen LogP contribution in [-0.2, 0) is 4.79 Å². The van der Waals surface area contributed by atoms with Crippen molar-refractivity contribution < 1.29 is 4.79 Å². The molecule has 1 atom stereocenters. The summed E-state index contributed by atoms with van der Waals surface area (Å²) >= 11 is 5.12. The van der Waals surface area contributed by atoms with Crippen molar-refractivity contribution in [2.24, 2.45) is 5.10 Å². The van der Waals surface area contributed by atoms with Crippen LogP contribution in [0.5, 0.6) is 0 Å². The number of nitrogens with one attached hydrogen (secondary N) is 3. The first-order valence-electron chi connectivity index (χ1n) is 5.13. The monoisotopic (exact) mass is 248 g/mol. The van der Waals surface area contributed by atoms with Crippen LogP contribution in [0.25, 0.3) is 0 Å². The van der Waals surface area contributed by atoms with Gasteiger partial charge in [0.2, 0.25) is 0 Å². The Labute approximate surface area is 104 Å². The molecule has 0 unspecified atom stereocenters. The fourth-order valence-corrected chi connectivity index (χ4v) is 1.69. The number of hydrogen-bond donors (Lipinski definition) is 3. The second kappa shape index (κ2) is 4.92. The number of thiocarbonyl (C=S) groups is 1. The molecule has 1 aliphatic heterocycles. The minimum Gasteiger partial charge on any atom is -0.346 e. The summed E-state index contributed by atoms with van der Waals surface area (Å²) < 4.78 is 0. The van der Waals surface area contributed by atoms with Crippen molar-refractivity contribution in [2.75, 3.05) is 5.32 Å². The van der Waals surface area contributed by atoms with Crippen LogP contribution < -0.4 is 16.1 Å². The summed E-state index contributed by atoms with van der Waals surface area (Å²) in [7, 11) is 0. The van der Waals surface area contributed by atoms with E-state index in [4.69, 9.17) is 12.2 Å². The van der Waals surface area contributed by atoms with Gasteiger partial charge in [0.1, 0.15) is 6.04 Å². The van der Waals surface area contributed by atoms with Crippen LogP contribution in [0.1, 0.15) is 6.92 Å². The van der Waals surface area contributed by atoms with Crippen LogP contribution in [0.15, 0.2) is 35.4 Å². The SMILES string of the molecule is CC1=NNC(=O)[C@H]1NC(=S)Nc1ccccc1. The van der Waals surface area contributed by atoms with Gasteiger partial charge in [0.15, 0.2) is 5.11 Å². The van der Waals surface area contributed by atoms with Gasteiger partial charge in [-0.1, -0.05) is 18.2 Å². The molecule has 88 valence electrons. The number of hydrogen-bond acceptors (Lipinski definition) is 3. The van der Waals surface area contributed by atoms with Gasteiger partial charge in [0, 0.05) is 5.69 Å². The van der Waals surface area contributed by atoms with Gasteiger partial charge in [-0.05, 0) is 31.3 Å². The van der Waals surface area contributed by atoms with E-state index in [0.717, 1.165) is 5.69 Å². The van der Waals surface area contributed by atoms with E-state index in [0.29, 0.717) is 10.8 Å². The summed E-state index contributed by atoms with van der Waals surface area (Å²) in [5.41, 5.74) is 3.93. The number of nitrogens with zero attached hydrogens (tertiary/aromatic N) is 1. The third-order valence-electron chi connectivity index (χ3n) is 2.33. The molecule has 2 rings (SSSR count). The van der Waals surface area contributed by atoms with Gasteiger partial charge < -0.3 is 10.6 Å². The van der Waals surface area contributed by atoms with Crippen molar-refractivity contribution in [2.45, 2.75) is 13.0 Å². The molecule has 1 aromatic carbocycles. The fourth-order valence-electron chi connectivity index (χ4n) is 1.45. The van der Waals surface area contributed by atoms with Crippen LogP contribution in [0, 0.1) is 0 Å². The van der Waals surface area contributed by atoms with E-state index in [1.807, 2.05) is 30.3 Å². The highest BCUT2D eigenvalue weighted by molar-refractivity contribution is 7.80. The summed E-state index contributed by atoms with van der Waals surface area (Å²) in [5, 5.41) is 10.1. The van der Waals surface area contributed by atoms with Gasteiger partial charge in [0.25, 0.3) is 5.91 Å². The zero-order chi connectivity index (χ0) is 12.3. The van der Waals surface area contributed by atoms with Crippen molar-refractivity contribution in [3.05, 3.63) is 30.3 Å². The summed E-state index contributed by atoms with van der Waals surface area (Å²) in [6.45, 7) is 1.76. The van der Waals surface area contributed by atoms with Crippen molar-refractivity contribution in [3.63, 3.8) is 0 Å². The lowest BCUT2D eigenvalue weighted by Gasteiger charge is -2.14. The molecular formula is C11H12N4OS. The molecule has 0 bridgehead atoms. The third kappa shape index (κ3) is 2.79. The third-order valence-corrected chi connectivity index (χ3v) is 2.55. The Morgan fingerprint density at radius 1 is 1.41 bits per heavy atom. The van der Waals surface area contributed by atoms with E-state index in [-0.39, 0.29) is 5.91 Å². The van der Waals surface area contributed by atoms with E-state index >= 15 is 0 Å².